The number of nitrogens with zero attached hydrogens (tertiary/aromatic N) is 3. The smallest absolute Gasteiger partial charge is 0.297 e. The monoisotopic (exact) mass is 377 g/mol. The van der Waals surface area contributed by atoms with E-state index in [1.54, 1.807) is 36.4 Å². The molecular formula is C19H11N3O4S. The average Bonchev–Trinajstić information content (AvgIpc) is 3.29. The van der Waals surface area contributed by atoms with Crippen LogP contribution in [0.4, 0.5) is 5.13 Å². The lowest BCUT2D eigenvalue weighted by Gasteiger charge is -2.22. The summed E-state index contributed by atoms with van der Waals surface area (Å²) in [6, 6.07) is 12.5. The number of benzene rings is 2. The van der Waals surface area contributed by atoms with Gasteiger partial charge in [0.15, 0.2) is 5.43 Å². The zero-order valence-electron chi connectivity index (χ0n) is 13.7. The maximum Gasteiger partial charge on any atom is 0.297 e. The topological polar surface area (TPSA) is 96.5 Å². The number of amides is 1. The SMILES string of the molecule is O=C1c2oc3ccccc3c(=O)c2[C@H](c2cccc(O)c2)N1c1nncs1. The fraction of sp³-hybridized carbons (Fsp3) is 0.0526. The Morgan fingerprint density at radius 2 is 1.96 bits per heavy atom. The van der Waals surface area contributed by atoms with Crippen LogP contribution >= 0.6 is 11.3 Å². The summed E-state index contributed by atoms with van der Waals surface area (Å²) in [5, 5.41) is 18.5. The predicted molar refractivity (Wildman–Crippen MR) is 99.2 cm³/mol. The lowest BCUT2D eigenvalue weighted by Crippen LogP contribution is -2.29. The first-order chi connectivity index (χ1) is 13.1. The summed E-state index contributed by atoms with van der Waals surface area (Å²) in [5.41, 5.74) is 2.40. The number of aromatic nitrogens is 2. The summed E-state index contributed by atoms with van der Waals surface area (Å²) in [6.07, 6.45) is 0. The van der Waals surface area contributed by atoms with Gasteiger partial charge in [-0.1, -0.05) is 35.6 Å². The molecular weight excluding hydrogens is 366 g/mol. The van der Waals surface area contributed by atoms with E-state index in [0.29, 0.717) is 21.7 Å². The largest absolute Gasteiger partial charge is 0.508 e. The van der Waals surface area contributed by atoms with Gasteiger partial charge in [-0.05, 0) is 29.8 Å². The van der Waals surface area contributed by atoms with Crippen molar-refractivity contribution in [2.75, 3.05) is 4.90 Å². The lowest BCUT2D eigenvalue weighted by atomic mass is 9.98. The van der Waals surface area contributed by atoms with Gasteiger partial charge < -0.3 is 9.52 Å². The molecule has 27 heavy (non-hydrogen) atoms. The Hall–Kier alpha value is -3.52. The molecule has 2 aromatic carbocycles. The van der Waals surface area contributed by atoms with E-state index in [2.05, 4.69) is 10.2 Å². The molecule has 2 aromatic heterocycles. The van der Waals surface area contributed by atoms with Crippen LogP contribution in [0.5, 0.6) is 5.75 Å². The first-order valence-corrected chi connectivity index (χ1v) is 8.97. The molecule has 0 saturated carbocycles. The van der Waals surface area contributed by atoms with Crippen molar-refractivity contribution in [2.45, 2.75) is 6.04 Å². The van der Waals surface area contributed by atoms with Gasteiger partial charge in [-0.2, -0.15) is 0 Å². The van der Waals surface area contributed by atoms with Gasteiger partial charge in [0.05, 0.1) is 17.0 Å². The summed E-state index contributed by atoms with van der Waals surface area (Å²) in [6.45, 7) is 0. The number of aromatic hydroxyl groups is 1. The highest BCUT2D eigenvalue weighted by Gasteiger charge is 2.45. The molecule has 5 rings (SSSR count). The molecule has 0 saturated heterocycles. The minimum Gasteiger partial charge on any atom is -0.508 e. The standard InChI is InChI=1S/C19H11N3O4S/c23-11-5-3-4-10(8-11)15-14-16(24)12-6-1-2-7-13(12)26-17(14)18(25)22(15)19-21-20-9-27-19/h1-9,15,23H/t15-/m0/s1. The second-order valence-electron chi connectivity index (χ2n) is 6.06. The number of carbonyl (C=O) groups is 1. The summed E-state index contributed by atoms with van der Waals surface area (Å²) in [5.74, 6) is -0.434. The van der Waals surface area contributed by atoms with E-state index in [4.69, 9.17) is 4.42 Å². The summed E-state index contributed by atoms with van der Waals surface area (Å²) >= 11 is 1.18. The normalized spacial score (nSPS) is 16.1. The maximum absolute atomic E-state index is 13.2. The van der Waals surface area contributed by atoms with Crippen molar-refractivity contribution in [1.82, 2.24) is 10.2 Å². The number of para-hydroxylation sites is 1. The Balaban J connectivity index is 1.85. The van der Waals surface area contributed by atoms with Gasteiger partial charge in [0.2, 0.25) is 10.9 Å². The van der Waals surface area contributed by atoms with Gasteiger partial charge >= 0.3 is 0 Å². The van der Waals surface area contributed by atoms with Crippen LogP contribution in [0.15, 0.2) is 63.3 Å². The van der Waals surface area contributed by atoms with Gasteiger partial charge in [0, 0.05) is 0 Å². The molecule has 0 radical (unpaired) electrons. The number of phenolic OH excluding ortho intramolecular Hbond substituents is 1. The Morgan fingerprint density at radius 1 is 1.11 bits per heavy atom. The summed E-state index contributed by atoms with van der Waals surface area (Å²) in [4.78, 5) is 27.7. The maximum atomic E-state index is 13.2. The van der Waals surface area contributed by atoms with Crippen molar-refractivity contribution in [3.8, 4) is 5.75 Å². The van der Waals surface area contributed by atoms with Crippen molar-refractivity contribution in [3.63, 3.8) is 0 Å². The summed E-state index contributed by atoms with van der Waals surface area (Å²) in [7, 11) is 0. The van der Waals surface area contributed by atoms with E-state index in [9.17, 15) is 14.7 Å². The van der Waals surface area contributed by atoms with Crippen molar-refractivity contribution in [3.05, 3.63) is 81.2 Å². The zero-order chi connectivity index (χ0) is 18.5. The van der Waals surface area contributed by atoms with Crippen LogP contribution in [-0.2, 0) is 0 Å². The van der Waals surface area contributed by atoms with E-state index >= 15 is 0 Å². The second-order valence-corrected chi connectivity index (χ2v) is 6.88. The van der Waals surface area contributed by atoms with E-state index < -0.39 is 11.9 Å². The number of phenols is 1. The Labute approximate surface area is 156 Å². The van der Waals surface area contributed by atoms with Gasteiger partial charge in [0.25, 0.3) is 5.91 Å². The van der Waals surface area contributed by atoms with E-state index in [1.165, 1.54) is 33.9 Å². The van der Waals surface area contributed by atoms with Gasteiger partial charge in [-0.3, -0.25) is 14.5 Å². The first kappa shape index (κ1) is 15.7. The van der Waals surface area contributed by atoms with Crippen LogP contribution in [0.2, 0.25) is 0 Å². The number of hydrogen-bond acceptors (Lipinski definition) is 7. The molecule has 4 aromatic rings. The second kappa shape index (κ2) is 5.75. The van der Waals surface area contributed by atoms with Gasteiger partial charge in [-0.25, -0.2) is 0 Å². The van der Waals surface area contributed by atoms with Gasteiger partial charge in [0.1, 0.15) is 16.8 Å². The number of anilines is 1. The minimum atomic E-state index is -0.756. The minimum absolute atomic E-state index is 0.0118. The lowest BCUT2D eigenvalue weighted by molar-refractivity contribution is 0.0970. The van der Waals surface area contributed by atoms with E-state index in [-0.39, 0.29) is 22.5 Å². The molecule has 8 heteroatoms. The fourth-order valence-electron chi connectivity index (χ4n) is 3.40. The highest BCUT2D eigenvalue weighted by Crippen LogP contribution is 2.42. The van der Waals surface area contributed by atoms with Crippen molar-refractivity contribution >= 4 is 33.3 Å². The highest BCUT2D eigenvalue weighted by atomic mass is 32.1. The highest BCUT2D eigenvalue weighted by molar-refractivity contribution is 7.13. The van der Waals surface area contributed by atoms with Crippen molar-refractivity contribution < 1.29 is 14.3 Å². The number of rotatable bonds is 2. The molecule has 0 bridgehead atoms. The van der Waals surface area contributed by atoms with E-state index in [0.717, 1.165) is 0 Å². The summed E-state index contributed by atoms with van der Waals surface area (Å²) < 4.78 is 5.81. The third kappa shape index (κ3) is 2.27. The molecule has 0 unspecified atom stereocenters. The quantitative estimate of drug-likeness (QED) is 0.577. The van der Waals surface area contributed by atoms with Crippen molar-refractivity contribution in [1.29, 1.82) is 0 Å². The molecule has 1 aliphatic heterocycles. The third-order valence-electron chi connectivity index (χ3n) is 4.52. The Morgan fingerprint density at radius 3 is 2.74 bits per heavy atom. The van der Waals surface area contributed by atoms with Crippen molar-refractivity contribution in [2.24, 2.45) is 0 Å². The predicted octanol–water partition coefficient (Wildman–Crippen LogP) is 3.10. The average molecular weight is 377 g/mol. The molecule has 1 atom stereocenters. The fourth-order valence-corrected chi connectivity index (χ4v) is 3.98. The van der Waals surface area contributed by atoms with Gasteiger partial charge in [-0.15, -0.1) is 10.2 Å². The number of hydrogen-bond donors (Lipinski definition) is 1. The number of carbonyl (C=O) groups excluding carboxylic acids is 1. The molecule has 1 amide bonds. The van der Waals surface area contributed by atoms with Crippen LogP contribution in [0.3, 0.4) is 0 Å². The molecule has 0 aliphatic carbocycles. The molecule has 1 aliphatic rings. The van der Waals surface area contributed by atoms with E-state index in [1.807, 2.05) is 0 Å². The third-order valence-corrected chi connectivity index (χ3v) is 5.21. The molecule has 7 nitrogen and oxygen atoms in total. The number of fused-ring (bicyclic) bond motifs is 2. The van der Waals surface area contributed by atoms with Crippen LogP contribution in [-0.4, -0.2) is 21.2 Å². The Kier molecular flexibility index (Phi) is 3.34. The van der Waals surface area contributed by atoms with Crippen LogP contribution in [0.1, 0.15) is 27.7 Å². The molecule has 0 fully saturated rings. The molecule has 3 heterocycles. The molecule has 1 N–H and O–H groups in total. The van der Waals surface area contributed by atoms with Crippen LogP contribution in [0.25, 0.3) is 11.0 Å². The first-order valence-electron chi connectivity index (χ1n) is 8.09. The zero-order valence-corrected chi connectivity index (χ0v) is 14.5. The molecule has 132 valence electrons. The van der Waals surface area contributed by atoms with Crippen LogP contribution < -0.4 is 10.3 Å². The van der Waals surface area contributed by atoms with Crippen LogP contribution in [0, 0.1) is 0 Å². The Bertz CT molecular complexity index is 1250. The molecule has 0 spiro atoms.